The number of hydrogen-bond donors (Lipinski definition) is 0. The number of para-hydroxylation sites is 2. The molecule has 0 fully saturated rings. The Morgan fingerprint density at radius 2 is 0.697 bits per heavy atom. The fraction of sp³-hybridized carbons (Fsp3) is 0.0270. The predicted molar refractivity (Wildman–Crippen MR) is 313 cm³/mol. The van der Waals surface area contributed by atoms with E-state index in [-0.39, 0.29) is 0 Å². The van der Waals surface area contributed by atoms with Gasteiger partial charge in [-0.05, 0) is 149 Å². The second-order valence-electron chi connectivity index (χ2n) is 21.0. The molecular weight excluding hydrogens is 917 g/mol. The van der Waals surface area contributed by atoms with Gasteiger partial charge in [-0.25, -0.2) is 0 Å². The summed E-state index contributed by atoms with van der Waals surface area (Å²) in [5.74, 6) is 0. The van der Waals surface area contributed by atoms with Crippen LogP contribution in [-0.2, 0) is 10.8 Å². The van der Waals surface area contributed by atoms with Gasteiger partial charge >= 0.3 is 0 Å². The third-order valence-electron chi connectivity index (χ3n) is 17.6. The molecule has 2 nitrogen and oxygen atoms in total. The van der Waals surface area contributed by atoms with Crippen molar-refractivity contribution in [1.82, 2.24) is 4.57 Å². The fourth-order valence-corrected chi connectivity index (χ4v) is 14.9. The number of hydrogen-bond acceptors (Lipinski definition) is 1. The van der Waals surface area contributed by atoms with Gasteiger partial charge in [0.2, 0.25) is 0 Å². The second-order valence-corrected chi connectivity index (χ2v) is 21.0. The highest BCUT2D eigenvalue weighted by Gasteiger charge is 2.54. The Morgan fingerprint density at radius 3 is 1.29 bits per heavy atom. The zero-order chi connectivity index (χ0) is 49.7. The van der Waals surface area contributed by atoms with E-state index in [0.717, 1.165) is 22.7 Å². The highest BCUT2D eigenvalue weighted by atomic mass is 15.1. The van der Waals surface area contributed by atoms with Gasteiger partial charge in [-0.2, -0.15) is 0 Å². The van der Waals surface area contributed by atoms with Crippen LogP contribution >= 0.6 is 0 Å². The van der Waals surface area contributed by atoms with Crippen molar-refractivity contribution in [2.45, 2.75) is 10.8 Å². The molecule has 1 heterocycles. The van der Waals surface area contributed by atoms with Crippen LogP contribution in [0.3, 0.4) is 0 Å². The molecule has 352 valence electrons. The smallest absolute Gasteiger partial charge is 0.0726 e. The summed E-state index contributed by atoms with van der Waals surface area (Å²) in [5, 5.41) is 2.50. The van der Waals surface area contributed by atoms with E-state index in [0.29, 0.717) is 0 Å². The molecule has 0 saturated carbocycles. The van der Waals surface area contributed by atoms with Gasteiger partial charge in [-0.1, -0.05) is 224 Å². The molecule has 2 spiro atoms. The van der Waals surface area contributed by atoms with Crippen molar-refractivity contribution >= 4 is 38.9 Å². The minimum absolute atomic E-state index is 0.483. The van der Waals surface area contributed by atoms with E-state index in [9.17, 15) is 0 Å². The maximum absolute atomic E-state index is 2.57. The highest BCUT2D eigenvalue weighted by Crippen LogP contribution is 2.66. The van der Waals surface area contributed by atoms with Crippen LogP contribution in [0.1, 0.15) is 44.5 Å². The lowest BCUT2D eigenvalue weighted by atomic mass is 9.70. The van der Waals surface area contributed by atoms with Crippen LogP contribution < -0.4 is 4.90 Å². The summed E-state index contributed by atoms with van der Waals surface area (Å²) in [5.41, 5.74) is 29.3. The van der Waals surface area contributed by atoms with Crippen molar-refractivity contribution < 1.29 is 0 Å². The molecule has 1 aromatic heterocycles. The Labute approximate surface area is 441 Å². The van der Waals surface area contributed by atoms with E-state index >= 15 is 0 Å². The molecule has 0 amide bonds. The Bertz CT molecular complexity index is 4480. The number of fused-ring (bicyclic) bond motifs is 23. The van der Waals surface area contributed by atoms with E-state index in [2.05, 4.69) is 289 Å². The lowest BCUT2D eigenvalue weighted by Crippen LogP contribution is -2.26. The topological polar surface area (TPSA) is 8.17 Å². The van der Waals surface area contributed by atoms with Gasteiger partial charge in [0.15, 0.2) is 0 Å². The van der Waals surface area contributed by atoms with Gasteiger partial charge in [-0.15, -0.1) is 0 Å². The molecule has 13 aromatic rings. The molecule has 0 bridgehead atoms. The molecule has 17 rings (SSSR count). The molecular formula is C74H46N2. The normalized spacial score (nSPS) is 14.0. The SMILES string of the molecule is c1ccc(-n2c3ccccc3c3c(-c4ccc(N(c5ccc6c(c5)C5(c7ccccc7-c7ccccc75)c5ccccc5-6)c5cccc6c5-c5ccccc5C65c6ccccc6-c6ccccc65)cc4)cccc32)cc1. The number of anilines is 3. The zero-order valence-corrected chi connectivity index (χ0v) is 41.5. The van der Waals surface area contributed by atoms with Crippen LogP contribution in [0.4, 0.5) is 17.1 Å². The Morgan fingerprint density at radius 1 is 0.276 bits per heavy atom. The summed E-state index contributed by atoms with van der Waals surface area (Å²) in [4.78, 5) is 2.57. The van der Waals surface area contributed by atoms with Crippen molar-refractivity contribution in [3.05, 3.63) is 324 Å². The number of benzene rings is 12. The van der Waals surface area contributed by atoms with Crippen LogP contribution in [0.5, 0.6) is 0 Å². The first-order valence-electron chi connectivity index (χ1n) is 26.6. The van der Waals surface area contributed by atoms with Crippen molar-refractivity contribution in [3.8, 4) is 61.3 Å². The summed E-state index contributed by atoms with van der Waals surface area (Å²) in [7, 11) is 0. The largest absolute Gasteiger partial charge is 0.310 e. The molecule has 0 aliphatic heterocycles. The Hall–Kier alpha value is -9.76. The molecule has 4 aliphatic carbocycles. The van der Waals surface area contributed by atoms with Crippen LogP contribution in [0.25, 0.3) is 83.1 Å². The summed E-state index contributed by atoms with van der Waals surface area (Å²) in [6.07, 6.45) is 0. The number of aromatic nitrogens is 1. The first-order chi connectivity index (χ1) is 37.7. The molecule has 0 saturated heterocycles. The Kier molecular flexibility index (Phi) is 8.44. The van der Waals surface area contributed by atoms with Crippen molar-refractivity contribution in [1.29, 1.82) is 0 Å². The van der Waals surface area contributed by atoms with Crippen molar-refractivity contribution in [2.24, 2.45) is 0 Å². The fourth-order valence-electron chi connectivity index (χ4n) is 14.9. The lowest BCUT2D eigenvalue weighted by molar-refractivity contribution is 0.793. The van der Waals surface area contributed by atoms with E-state index in [1.807, 2.05) is 0 Å². The molecule has 12 aromatic carbocycles. The molecule has 4 aliphatic rings. The van der Waals surface area contributed by atoms with E-state index in [1.165, 1.54) is 122 Å². The predicted octanol–water partition coefficient (Wildman–Crippen LogP) is 18.6. The molecule has 2 heteroatoms. The quantitative estimate of drug-likeness (QED) is 0.167. The number of rotatable bonds is 5. The molecule has 0 N–H and O–H groups in total. The van der Waals surface area contributed by atoms with Gasteiger partial charge in [0.25, 0.3) is 0 Å². The molecule has 0 unspecified atom stereocenters. The van der Waals surface area contributed by atoms with Gasteiger partial charge < -0.3 is 9.47 Å². The number of nitrogens with zero attached hydrogens (tertiary/aromatic N) is 2. The van der Waals surface area contributed by atoms with E-state index < -0.39 is 10.8 Å². The minimum atomic E-state index is -0.491. The first-order valence-corrected chi connectivity index (χ1v) is 26.6. The zero-order valence-electron chi connectivity index (χ0n) is 41.5. The van der Waals surface area contributed by atoms with Crippen LogP contribution in [0.15, 0.2) is 279 Å². The Balaban J connectivity index is 0.925. The monoisotopic (exact) mass is 962 g/mol. The molecule has 0 atom stereocenters. The summed E-state index contributed by atoms with van der Waals surface area (Å²) in [6.45, 7) is 0. The minimum Gasteiger partial charge on any atom is -0.310 e. The van der Waals surface area contributed by atoms with Crippen LogP contribution in [0, 0.1) is 0 Å². The summed E-state index contributed by atoms with van der Waals surface area (Å²) >= 11 is 0. The van der Waals surface area contributed by atoms with E-state index in [4.69, 9.17) is 0 Å². The van der Waals surface area contributed by atoms with Gasteiger partial charge in [0.1, 0.15) is 0 Å². The average Bonchev–Trinajstić information content (AvgIpc) is 4.40. The third kappa shape index (κ3) is 5.20. The van der Waals surface area contributed by atoms with Crippen molar-refractivity contribution in [3.63, 3.8) is 0 Å². The standard InChI is InChI=1S/C74H46N2/c1-2-20-48(21-3-1)76-68-37-17-10-28-59(68)71-51(29-18-38-69(71)76)47-40-42-49(43-41-47)75(50-44-45-57-56-26-8-15-34-64(56)74(67(57)46-50)62-32-13-6-24-54(62)55-25-7-14-33-63(55)74)70-39-19-36-66-72(70)58-27-9-16-35-65(58)73(66)60-30-11-4-22-52(60)53-23-5-12-31-61(53)73/h1-46H. The third-order valence-corrected chi connectivity index (χ3v) is 17.6. The lowest BCUT2D eigenvalue weighted by Gasteiger charge is -2.33. The van der Waals surface area contributed by atoms with Gasteiger partial charge in [0, 0.05) is 33.4 Å². The van der Waals surface area contributed by atoms with Gasteiger partial charge in [-0.3, -0.25) is 0 Å². The van der Waals surface area contributed by atoms with Crippen molar-refractivity contribution in [2.75, 3.05) is 4.90 Å². The van der Waals surface area contributed by atoms with Crippen LogP contribution in [0.2, 0.25) is 0 Å². The van der Waals surface area contributed by atoms with Gasteiger partial charge in [0.05, 0.1) is 27.6 Å². The molecule has 76 heavy (non-hydrogen) atoms. The highest BCUT2D eigenvalue weighted by molar-refractivity contribution is 6.16. The summed E-state index contributed by atoms with van der Waals surface area (Å²) in [6, 6.07) is 105. The summed E-state index contributed by atoms with van der Waals surface area (Å²) < 4.78 is 2.41. The van der Waals surface area contributed by atoms with E-state index in [1.54, 1.807) is 0 Å². The maximum Gasteiger partial charge on any atom is 0.0726 e. The maximum atomic E-state index is 2.57. The molecule has 0 radical (unpaired) electrons. The second kappa shape index (κ2) is 15.4. The first kappa shape index (κ1) is 41.7. The van der Waals surface area contributed by atoms with Crippen LogP contribution in [-0.4, -0.2) is 4.57 Å². The average molecular weight is 963 g/mol.